The van der Waals surface area contributed by atoms with Crippen molar-refractivity contribution in [2.45, 2.75) is 52.4 Å². The Balaban J connectivity index is 1.62. The molecule has 0 fully saturated rings. The fourth-order valence-electron chi connectivity index (χ4n) is 2.94. The van der Waals surface area contributed by atoms with Crippen LogP contribution in [0.3, 0.4) is 0 Å². The SMILES string of the molecule is CC(Cc1cnccn1)NC(=O)c1cc2n(n1)CCN(C(C)C)C2. The van der Waals surface area contributed by atoms with Crippen LogP contribution in [0.1, 0.15) is 42.6 Å². The van der Waals surface area contributed by atoms with Crippen LogP contribution in [0.4, 0.5) is 0 Å². The molecule has 0 bridgehead atoms. The minimum Gasteiger partial charge on any atom is -0.348 e. The maximum Gasteiger partial charge on any atom is 0.272 e. The lowest BCUT2D eigenvalue weighted by Gasteiger charge is -2.30. The van der Waals surface area contributed by atoms with Crippen LogP contribution in [0, 0.1) is 0 Å². The molecule has 3 heterocycles. The van der Waals surface area contributed by atoms with Gasteiger partial charge < -0.3 is 5.32 Å². The topological polar surface area (TPSA) is 75.9 Å². The maximum absolute atomic E-state index is 12.4. The molecule has 3 rings (SSSR count). The molecular formula is C17H24N6O. The van der Waals surface area contributed by atoms with Gasteiger partial charge in [-0.15, -0.1) is 0 Å². The molecule has 0 aromatic carbocycles. The minimum atomic E-state index is -0.135. The van der Waals surface area contributed by atoms with Crippen LogP contribution >= 0.6 is 0 Å². The molecule has 1 N–H and O–H groups in total. The first-order chi connectivity index (χ1) is 11.5. The molecular weight excluding hydrogens is 304 g/mol. The highest BCUT2D eigenvalue weighted by atomic mass is 16.2. The van der Waals surface area contributed by atoms with E-state index in [0.29, 0.717) is 18.2 Å². The van der Waals surface area contributed by atoms with Gasteiger partial charge in [0, 0.05) is 50.2 Å². The number of rotatable bonds is 5. The van der Waals surface area contributed by atoms with E-state index in [2.05, 4.69) is 39.1 Å². The zero-order valence-corrected chi connectivity index (χ0v) is 14.4. The number of amides is 1. The van der Waals surface area contributed by atoms with Crippen molar-refractivity contribution in [1.82, 2.24) is 30.0 Å². The molecule has 2 aromatic heterocycles. The van der Waals surface area contributed by atoms with E-state index in [4.69, 9.17) is 0 Å². The van der Waals surface area contributed by atoms with E-state index in [9.17, 15) is 4.79 Å². The number of nitrogens with one attached hydrogen (secondary N) is 1. The number of aromatic nitrogens is 4. The Morgan fingerprint density at radius 1 is 1.29 bits per heavy atom. The van der Waals surface area contributed by atoms with Crippen molar-refractivity contribution in [2.24, 2.45) is 0 Å². The van der Waals surface area contributed by atoms with Crippen molar-refractivity contribution in [2.75, 3.05) is 6.54 Å². The standard InChI is InChI=1S/C17H24N6O/c1-12(2)22-6-7-23-15(11-22)9-16(21-23)17(24)20-13(3)8-14-10-18-4-5-19-14/h4-5,9-10,12-13H,6-8,11H2,1-3H3,(H,20,24). The number of fused-ring (bicyclic) bond motifs is 1. The van der Waals surface area contributed by atoms with E-state index in [0.717, 1.165) is 31.0 Å². The molecule has 0 saturated carbocycles. The third-order valence-corrected chi connectivity index (χ3v) is 4.30. The summed E-state index contributed by atoms with van der Waals surface area (Å²) in [6.45, 7) is 8.98. The molecule has 1 aliphatic rings. The van der Waals surface area contributed by atoms with Gasteiger partial charge in [0.1, 0.15) is 0 Å². The maximum atomic E-state index is 12.4. The molecule has 1 unspecified atom stereocenters. The molecule has 1 atom stereocenters. The van der Waals surface area contributed by atoms with Gasteiger partial charge in [-0.25, -0.2) is 0 Å². The molecule has 0 saturated heterocycles. The Labute approximate surface area is 142 Å². The van der Waals surface area contributed by atoms with Crippen molar-refractivity contribution in [3.8, 4) is 0 Å². The second-order valence-electron chi connectivity index (χ2n) is 6.58. The molecule has 7 heteroatoms. The van der Waals surface area contributed by atoms with Crippen molar-refractivity contribution < 1.29 is 4.79 Å². The van der Waals surface area contributed by atoms with Crippen LogP contribution in [-0.4, -0.2) is 49.2 Å². The first kappa shape index (κ1) is 16.6. The summed E-state index contributed by atoms with van der Waals surface area (Å²) < 4.78 is 1.95. The van der Waals surface area contributed by atoms with E-state index in [-0.39, 0.29) is 11.9 Å². The third kappa shape index (κ3) is 3.79. The Bertz CT molecular complexity index is 696. The lowest BCUT2D eigenvalue weighted by Crippen LogP contribution is -2.38. The van der Waals surface area contributed by atoms with Gasteiger partial charge in [-0.05, 0) is 26.8 Å². The Kier molecular flexibility index (Phi) is 4.89. The molecule has 24 heavy (non-hydrogen) atoms. The van der Waals surface area contributed by atoms with Crippen LogP contribution in [-0.2, 0) is 19.5 Å². The summed E-state index contributed by atoms with van der Waals surface area (Å²) in [5.41, 5.74) is 2.45. The first-order valence-corrected chi connectivity index (χ1v) is 8.39. The van der Waals surface area contributed by atoms with Gasteiger partial charge in [-0.3, -0.25) is 24.3 Å². The predicted octanol–water partition coefficient (Wildman–Crippen LogP) is 1.26. The van der Waals surface area contributed by atoms with Crippen LogP contribution in [0.15, 0.2) is 24.7 Å². The van der Waals surface area contributed by atoms with E-state index >= 15 is 0 Å². The zero-order chi connectivity index (χ0) is 17.1. The van der Waals surface area contributed by atoms with E-state index < -0.39 is 0 Å². The molecule has 128 valence electrons. The second-order valence-corrected chi connectivity index (χ2v) is 6.58. The number of nitrogens with zero attached hydrogens (tertiary/aromatic N) is 5. The summed E-state index contributed by atoms with van der Waals surface area (Å²) in [5, 5.41) is 7.45. The van der Waals surface area contributed by atoms with Crippen molar-refractivity contribution >= 4 is 5.91 Å². The zero-order valence-electron chi connectivity index (χ0n) is 14.4. The summed E-state index contributed by atoms with van der Waals surface area (Å²) in [5.74, 6) is -0.135. The van der Waals surface area contributed by atoms with E-state index in [1.165, 1.54) is 0 Å². The lowest BCUT2D eigenvalue weighted by molar-refractivity contribution is 0.0933. The molecule has 2 aromatic rings. The Morgan fingerprint density at radius 2 is 2.12 bits per heavy atom. The van der Waals surface area contributed by atoms with Crippen LogP contribution < -0.4 is 5.32 Å². The number of carbonyl (C=O) groups excluding carboxylic acids is 1. The smallest absolute Gasteiger partial charge is 0.272 e. The highest BCUT2D eigenvalue weighted by Crippen LogP contribution is 2.16. The fraction of sp³-hybridized carbons (Fsp3) is 0.529. The molecule has 1 aliphatic heterocycles. The van der Waals surface area contributed by atoms with Crippen molar-refractivity contribution in [3.05, 3.63) is 41.7 Å². The van der Waals surface area contributed by atoms with E-state index in [1.807, 2.05) is 17.7 Å². The molecule has 0 spiro atoms. The number of carbonyl (C=O) groups is 1. The molecule has 1 amide bonds. The summed E-state index contributed by atoms with van der Waals surface area (Å²) in [6.07, 6.45) is 5.67. The summed E-state index contributed by atoms with van der Waals surface area (Å²) in [7, 11) is 0. The predicted molar refractivity (Wildman–Crippen MR) is 90.4 cm³/mol. The summed E-state index contributed by atoms with van der Waals surface area (Å²) in [6, 6.07) is 2.37. The molecule has 7 nitrogen and oxygen atoms in total. The summed E-state index contributed by atoms with van der Waals surface area (Å²) in [4.78, 5) is 23.1. The monoisotopic (exact) mass is 328 g/mol. The normalized spacial score (nSPS) is 16.0. The van der Waals surface area contributed by atoms with Crippen LogP contribution in [0.5, 0.6) is 0 Å². The van der Waals surface area contributed by atoms with Gasteiger partial charge in [-0.2, -0.15) is 5.10 Å². The average Bonchev–Trinajstić information content (AvgIpc) is 2.98. The van der Waals surface area contributed by atoms with Crippen molar-refractivity contribution in [1.29, 1.82) is 0 Å². The number of hydrogen-bond acceptors (Lipinski definition) is 5. The fourth-order valence-corrected chi connectivity index (χ4v) is 2.94. The molecule has 0 radical (unpaired) electrons. The highest BCUT2D eigenvalue weighted by molar-refractivity contribution is 5.92. The van der Waals surface area contributed by atoms with E-state index in [1.54, 1.807) is 18.6 Å². The quantitative estimate of drug-likeness (QED) is 0.894. The van der Waals surface area contributed by atoms with Gasteiger partial charge in [0.25, 0.3) is 5.91 Å². The molecule has 0 aliphatic carbocycles. The Morgan fingerprint density at radius 3 is 2.83 bits per heavy atom. The van der Waals surface area contributed by atoms with Crippen LogP contribution in [0.2, 0.25) is 0 Å². The van der Waals surface area contributed by atoms with Gasteiger partial charge in [-0.1, -0.05) is 0 Å². The first-order valence-electron chi connectivity index (χ1n) is 8.39. The van der Waals surface area contributed by atoms with Gasteiger partial charge in [0.15, 0.2) is 5.69 Å². The Hall–Kier alpha value is -2.28. The summed E-state index contributed by atoms with van der Waals surface area (Å²) >= 11 is 0. The largest absolute Gasteiger partial charge is 0.348 e. The minimum absolute atomic E-state index is 0.0277. The van der Waals surface area contributed by atoms with Gasteiger partial charge in [0.05, 0.1) is 17.9 Å². The third-order valence-electron chi connectivity index (χ3n) is 4.30. The average molecular weight is 328 g/mol. The lowest BCUT2D eigenvalue weighted by atomic mass is 10.2. The highest BCUT2D eigenvalue weighted by Gasteiger charge is 2.22. The van der Waals surface area contributed by atoms with Crippen LogP contribution in [0.25, 0.3) is 0 Å². The van der Waals surface area contributed by atoms with Crippen molar-refractivity contribution in [3.63, 3.8) is 0 Å². The second kappa shape index (κ2) is 7.09. The van der Waals surface area contributed by atoms with Gasteiger partial charge in [0.2, 0.25) is 0 Å². The van der Waals surface area contributed by atoms with Gasteiger partial charge >= 0.3 is 0 Å². The number of hydrogen-bond donors (Lipinski definition) is 1.